The molecular weight excluding hydrogens is 233 g/mol. The first-order valence-electron chi connectivity index (χ1n) is 4.71. The fourth-order valence-corrected chi connectivity index (χ4v) is 1.28. The quantitative estimate of drug-likeness (QED) is 0.353. The Morgan fingerprint density at radius 1 is 1.00 bits per heavy atom. The number of hydrogen-bond acceptors (Lipinski definition) is 2. The number of halogens is 3. The van der Waals surface area contributed by atoms with Gasteiger partial charge in [-0.3, -0.25) is 9.59 Å². The first kappa shape index (κ1) is 13.2. The molecule has 0 N–H and O–H groups in total. The lowest BCUT2D eigenvalue weighted by Gasteiger charge is -2.01. The molecule has 1 aromatic carbocycles. The van der Waals surface area contributed by atoms with Crippen LogP contribution in [-0.4, -0.2) is 11.6 Å². The van der Waals surface area contributed by atoms with Crippen LogP contribution >= 0.6 is 0 Å². The van der Waals surface area contributed by atoms with Crippen LogP contribution in [0, 0.1) is 17.5 Å². The highest BCUT2D eigenvalue weighted by atomic mass is 19.2. The van der Waals surface area contributed by atoms with Gasteiger partial charge in [0.15, 0.2) is 29.0 Å². The highest BCUT2D eigenvalue weighted by Gasteiger charge is 2.13. The van der Waals surface area contributed by atoms with Gasteiger partial charge in [-0.15, -0.1) is 0 Å². The van der Waals surface area contributed by atoms with E-state index >= 15 is 0 Å². The number of carbonyl (C=O) groups excluding carboxylic acids is 2. The smallest absolute Gasteiger partial charge is 0.194 e. The molecule has 5 heteroatoms. The van der Waals surface area contributed by atoms with Crippen molar-refractivity contribution < 1.29 is 22.8 Å². The van der Waals surface area contributed by atoms with Crippen LogP contribution in [0.4, 0.5) is 13.2 Å². The molecule has 1 rings (SSSR count). The molecule has 0 fully saturated rings. The van der Waals surface area contributed by atoms with Gasteiger partial charge in [0.1, 0.15) is 0 Å². The van der Waals surface area contributed by atoms with E-state index in [9.17, 15) is 22.8 Å². The molecule has 0 heterocycles. The van der Waals surface area contributed by atoms with Gasteiger partial charge in [0, 0.05) is 0 Å². The summed E-state index contributed by atoms with van der Waals surface area (Å²) in [5, 5.41) is 0. The molecule has 0 bridgehead atoms. The van der Waals surface area contributed by atoms with Crippen molar-refractivity contribution >= 4 is 17.6 Å². The van der Waals surface area contributed by atoms with Gasteiger partial charge >= 0.3 is 0 Å². The van der Waals surface area contributed by atoms with E-state index in [-0.39, 0.29) is 11.1 Å². The van der Waals surface area contributed by atoms with E-state index in [1.807, 2.05) is 0 Å². The van der Waals surface area contributed by atoms with Crippen molar-refractivity contribution in [2.75, 3.05) is 0 Å². The third kappa shape index (κ3) is 3.03. The van der Waals surface area contributed by atoms with Crippen LogP contribution in [0.1, 0.15) is 19.4 Å². The van der Waals surface area contributed by atoms with Crippen molar-refractivity contribution in [2.45, 2.75) is 13.8 Å². The van der Waals surface area contributed by atoms with Crippen molar-refractivity contribution in [1.29, 1.82) is 0 Å². The predicted molar refractivity (Wildman–Crippen MR) is 55.7 cm³/mol. The number of Topliss-reactive ketones (excluding diaryl/α,β-unsaturated/α-hetero) is 2. The number of allylic oxidation sites excluding steroid dienone is 1. The average Bonchev–Trinajstić information content (AvgIpc) is 2.21. The Kier molecular flexibility index (Phi) is 3.83. The summed E-state index contributed by atoms with van der Waals surface area (Å²) in [6.45, 7) is 2.31. The van der Waals surface area contributed by atoms with Gasteiger partial charge in [-0.05, 0) is 37.6 Å². The van der Waals surface area contributed by atoms with Crippen LogP contribution in [-0.2, 0) is 9.59 Å². The molecule has 0 aliphatic rings. The van der Waals surface area contributed by atoms with Crippen molar-refractivity contribution in [1.82, 2.24) is 0 Å². The van der Waals surface area contributed by atoms with E-state index < -0.39 is 29.0 Å². The third-order valence-corrected chi connectivity index (χ3v) is 2.08. The molecule has 0 saturated carbocycles. The average molecular weight is 242 g/mol. The normalized spacial score (nSPS) is 9.94. The number of hydrogen-bond donors (Lipinski definition) is 0. The molecular formula is C12H9F3O2. The van der Waals surface area contributed by atoms with Crippen LogP contribution in [0.3, 0.4) is 0 Å². The molecule has 1 aromatic rings. The van der Waals surface area contributed by atoms with Gasteiger partial charge in [0.2, 0.25) is 0 Å². The van der Waals surface area contributed by atoms with Gasteiger partial charge in [-0.1, -0.05) is 0 Å². The summed E-state index contributed by atoms with van der Waals surface area (Å²) in [6.07, 6.45) is 1.02. The number of rotatable bonds is 3. The first-order chi connectivity index (χ1) is 7.82. The first-order valence-corrected chi connectivity index (χ1v) is 4.71. The Morgan fingerprint density at radius 3 is 1.76 bits per heavy atom. The minimum atomic E-state index is -1.59. The molecule has 2 nitrogen and oxygen atoms in total. The van der Waals surface area contributed by atoms with Crippen LogP contribution in [0.5, 0.6) is 0 Å². The molecule has 17 heavy (non-hydrogen) atoms. The Balaban J connectivity index is 3.30. The molecule has 0 saturated heterocycles. The van der Waals surface area contributed by atoms with Gasteiger partial charge in [-0.25, -0.2) is 13.2 Å². The lowest BCUT2D eigenvalue weighted by Crippen LogP contribution is -2.06. The van der Waals surface area contributed by atoms with Gasteiger partial charge in [0.05, 0.1) is 5.57 Å². The van der Waals surface area contributed by atoms with Crippen LogP contribution in [0.25, 0.3) is 6.08 Å². The van der Waals surface area contributed by atoms with Gasteiger partial charge < -0.3 is 0 Å². The van der Waals surface area contributed by atoms with Crippen molar-refractivity contribution in [3.8, 4) is 0 Å². The van der Waals surface area contributed by atoms with Crippen molar-refractivity contribution in [2.24, 2.45) is 0 Å². The Bertz CT molecular complexity index is 479. The lowest BCUT2D eigenvalue weighted by molar-refractivity contribution is -0.119. The second kappa shape index (κ2) is 4.95. The maximum Gasteiger partial charge on any atom is 0.194 e. The summed E-state index contributed by atoms with van der Waals surface area (Å²) in [6, 6.07) is 1.43. The minimum Gasteiger partial charge on any atom is -0.294 e. The molecule has 0 aliphatic carbocycles. The summed E-state index contributed by atoms with van der Waals surface area (Å²) in [5.41, 5.74) is -0.280. The summed E-state index contributed by atoms with van der Waals surface area (Å²) in [4.78, 5) is 22.2. The molecule has 0 unspecified atom stereocenters. The molecule has 0 atom stereocenters. The van der Waals surface area contributed by atoms with E-state index in [0.29, 0.717) is 12.1 Å². The van der Waals surface area contributed by atoms with E-state index in [2.05, 4.69) is 0 Å². The SMILES string of the molecule is CC(=O)C(=Cc1cc(F)c(F)c(F)c1)C(C)=O. The van der Waals surface area contributed by atoms with Crippen molar-refractivity contribution in [3.63, 3.8) is 0 Å². The van der Waals surface area contributed by atoms with Gasteiger partial charge in [0.25, 0.3) is 0 Å². The van der Waals surface area contributed by atoms with Crippen molar-refractivity contribution in [3.05, 3.63) is 40.7 Å². The minimum absolute atomic E-state index is 0.0817. The summed E-state index contributed by atoms with van der Waals surface area (Å²) in [7, 11) is 0. The highest BCUT2D eigenvalue weighted by molar-refractivity contribution is 6.21. The van der Waals surface area contributed by atoms with E-state index in [0.717, 1.165) is 19.9 Å². The van der Waals surface area contributed by atoms with E-state index in [1.165, 1.54) is 0 Å². The number of carbonyl (C=O) groups is 2. The van der Waals surface area contributed by atoms with E-state index in [1.54, 1.807) is 0 Å². The summed E-state index contributed by atoms with van der Waals surface area (Å²) < 4.78 is 38.4. The molecule has 0 amide bonds. The van der Waals surface area contributed by atoms with Crippen LogP contribution in [0.2, 0.25) is 0 Å². The molecule has 0 aromatic heterocycles. The Labute approximate surface area is 95.8 Å². The van der Waals surface area contributed by atoms with Crippen LogP contribution in [0.15, 0.2) is 17.7 Å². The summed E-state index contributed by atoms with van der Waals surface area (Å²) >= 11 is 0. The molecule has 0 aliphatic heterocycles. The maximum atomic E-state index is 12.9. The van der Waals surface area contributed by atoms with Gasteiger partial charge in [-0.2, -0.15) is 0 Å². The predicted octanol–water partition coefficient (Wildman–Crippen LogP) is 2.67. The maximum absolute atomic E-state index is 12.9. The zero-order valence-electron chi connectivity index (χ0n) is 9.18. The Hall–Kier alpha value is -1.91. The summed E-state index contributed by atoms with van der Waals surface area (Å²) in [5.74, 6) is -5.38. The van der Waals surface area contributed by atoms with Crippen LogP contribution < -0.4 is 0 Å². The fourth-order valence-electron chi connectivity index (χ4n) is 1.28. The second-order valence-electron chi connectivity index (χ2n) is 3.47. The highest BCUT2D eigenvalue weighted by Crippen LogP contribution is 2.16. The Morgan fingerprint density at radius 2 is 1.41 bits per heavy atom. The standard InChI is InChI=1S/C12H9F3O2/c1-6(16)9(7(2)17)3-8-4-10(13)12(15)11(14)5-8/h3-5H,1-2H3. The zero-order valence-corrected chi connectivity index (χ0v) is 9.18. The topological polar surface area (TPSA) is 34.1 Å². The zero-order chi connectivity index (χ0) is 13.2. The largest absolute Gasteiger partial charge is 0.294 e. The third-order valence-electron chi connectivity index (χ3n) is 2.08. The molecule has 0 spiro atoms. The molecule has 90 valence electrons. The molecule has 0 radical (unpaired) electrons. The number of ketones is 2. The monoisotopic (exact) mass is 242 g/mol. The van der Waals surface area contributed by atoms with E-state index in [4.69, 9.17) is 0 Å². The second-order valence-corrected chi connectivity index (χ2v) is 3.47. The fraction of sp³-hybridized carbons (Fsp3) is 0.167. The lowest BCUT2D eigenvalue weighted by atomic mass is 10.0. The number of benzene rings is 1.